The standard InChI is InChI=1S/C29H23ClN2O7/c1-35-20-8-4-18(5-9-20)26-22(14-31)29(39-27(26)19-6-10-21(36-2)11-7-19)32-15-17-12-23(30)28(24(13-17)37-3)38-16-25(33)34/h4-13,15H,16H2,1-3H3,(H,33,34)/b32-15+. The van der Waals surface area contributed by atoms with Gasteiger partial charge in [0.25, 0.3) is 0 Å². The molecule has 0 aliphatic heterocycles. The van der Waals surface area contributed by atoms with E-state index in [2.05, 4.69) is 11.1 Å². The van der Waals surface area contributed by atoms with Gasteiger partial charge in [-0.15, -0.1) is 0 Å². The van der Waals surface area contributed by atoms with Gasteiger partial charge in [0.05, 0.1) is 26.4 Å². The predicted molar refractivity (Wildman–Crippen MR) is 146 cm³/mol. The van der Waals surface area contributed by atoms with Crippen molar-refractivity contribution in [3.63, 3.8) is 0 Å². The molecule has 10 heteroatoms. The van der Waals surface area contributed by atoms with Crippen LogP contribution in [0.4, 0.5) is 5.88 Å². The third-order valence-electron chi connectivity index (χ3n) is 5.65. The van der Waals surface area contributed by atoms with Crippen LogP contribution in [0.2, 0.25) is 5.02 Å². The van der Waals surface area contributed by atoms with Crippen molar-refractivity contribution in [3.8, 4) is 51.5 Å². The third-order valence-corrected chi connectivity index (χ3v) is 5.94. The Balaban J connectivity index is 1.80. The maximum absolute atomic E-state index is 10.9. The summed E-state index contributed by atoms with van der Waals surface area (Å²) in [4.78, 5) is 15.3. The molecule has 0 bridgehead atoms. The van der Waals surface area contributed by atoms with E-state index in [4.69, 9.17) is 40.1 Å². The molecule has 1 aromatic heterocycles. The van der Waals surface area contributed by atoms with Crippen LogP contribution in [0, 0.1) is 11.3 Å². The highest BCUT2D eigenvalue weighted by Crippen LogP contribution is 2.43. The van der Waals surface area contributed by atoms with Crippen molar-refractivity contribution in [2.75, 3.05) is 27.9 Å². The summed E-state index contributed by atoms with van der Waals surface area (Å²) in [7, 11) is 4.56. The second-order valence-electron chi connectivity index (χ2n) is 8.03. The molecule has 198 valence electrons. The average Bonchev–Trinajstić information content (AvgIpc) is 3.33. The molecule has 0 aliphatic carbocycles. The molecule has 4 aromatic rings. The minimum atomic E-state index is -1.15. The zero-order chi connectivity index (χ0) is 27.9. The maximum Gasteiger partial charge on any atom is 0.341 e. The van der Waals surface area contributed by atoms with Crippen LogP contribution in [0.25, 0.3) is 22.5 Å². The van der Waals surface area contributed by atoms with Gasteiger partial charge in [-0.3, -0.25) is 0 Å². The van der Waals surface area contributed by atoms with Crippen molar-refractivity contribution >= 4 is 29.7 Å². The molecule has 39 heavy (non-hydrogen) atoms. The average molecular weight is 547 g/mol. The highest BCUT2D eigenvalue weighted by molar-refractivity contribution is 6.32. The number of rotatable bonds is 10. The van der Waals surface area contributed by atoms with E-state index >= 15 is 0 Å². The van der Waals surface area contributed by atoms with Gasteiger partial charge in [-0.05, 0) is 59.7 Å². The molecule has 0 saturated heterocycles. The van der Waals surface area contributed by atoms with E-state index in [9.17, 15) is 10.1 Å². The normalized spacial score (nSPS) is 10.7. The van der Waals surface area contributed by atoms with Crippen LogP contribution in [0.1, 0.15) is 11.1 Å². The van der Waals surface area contributed by atoms with Crippen molar-refractivity contribution in [1.82, 2.24) is 0 Å². The minimum Gasteiger partial charge on any atom is -0.497 e. The Labute approximate surface area is 229 Å². The molecule has 9 nitrogen and oxygen atoms in total. The van der Waals surface area contributed by atoms with Gasteiger partial charge in [0.2, 0.25) is 5.88 Å². The van der Waals surface area contributed by atoms with Crippen LogP contribution in [-0.4, -0.2) is 45.2 Å². The topological polar surface area (TPSA) is 124 Å². The first-order valence-electron chi connectivity index (χ1n) is 11.5. The zero-order valence-corrected chi connectivity index (χ0v) is 22.0. The molecule has 0 atom stereocenters. The number of ether oxygens (including phenoxy) is 4. The van der Waals surface area contributed by atoms with Crippen LogP contribution in [0.5, 0.6) is 23.0 Å². The zero-order valence-electron chi connectivity index (χ0n) is 21.2. The van der Waals surface area contributed by atoms with E-state index in [0.29, 0.717) is 28.4 Å². The van der Waals surface area contributed by atoms with E-state index in [-0.39, 0.29) is 28.0 Å². The molecule has 0 radical (unpaired) electrons. The number of furan rings is 1. The number of carboxylic acid groups (broad SMARTS) is 1. The molecule has 0 fully saturated rings. The number of carboxylic acids is 1. The Hall–Kier alpha value is -4.94. The maximum atomic E-state index is 10.9. The fraction of sp³-hybridized carbons (Fsp3) is 0.138. The summed E-state index contributed by atoms with van der Waals surface area (Å²) in [5, 5.41) is 19.2. The van der Waals surface area contributed by atoms with Gasteiger partial charge in [0.15, 0.2) is 18.1 Å². The Morgan fingerprint density at radius 3 is 2.15 bits per heavy atom. The lowest BCUT2D eigenvalue weighted by Gasteiger charge is -2.11. The highest BCUT2D eigenvalue weighted by atomic mass is 35.5. The SMILES string of the molecule is COc1ccc(-c2oc(/N=C/c3cc(Cl)c(OCC(=O)O)c(OC)c3)c(C#N)c2-c2ccc(OC)cc2)cc1. The first-order chi connectivity index (χ1) is 18.9. The van der Waals surface area contributed by atoms with Crippen molar-refractivity contribution < 1.29 is 33.3 Å². The summed E-state index contributed by atoms with van der Waals surface area (Å²) in [5.74, 6) is 1.07. The molecule has 0 unspecified atom stereocenters. The second-order valence-corrected chi connectivity index (χ2v) is 8.44. The van der Waals surface area contributed by atoms with Gasteiger partial charge in [0, 0.05) is 17.3 Å². The lowest BCUT2D eigenvalue weighted by molar-refractivity contribution is -0.139. The monoisotopic (exact) mass is 546 g/mol. The lowest BCUT2D eigenvalue weighted by atomic mass is 9.98. The van der Waals surface area contributed by atoms with Crippen LogP contribution >= 0.6 is 11.6 Å². The van der Waals surface area contributed by atoms with Crippen molar-refractivity contribution in [2.45, 2.75) is 0 Å². The van der Waals surface area contributed by atoms with Gasteiger partial charge in [-0.1, -0.05) is 23.7 Å². The van der Waals surface area contributed by atoms with Gasteiger partial charge in [-0.25, -0.2) is 9.79 Å². The van der Waals surface area contributed by atoms with Crippen molar-refractivity contribution in [3.05, 3.63) is 76.8 Å². The number of aliphatic carboxylic acids is 1. The molecule has 4 rings (SSSR count). The van der Waals surface area contributed by atoms with Crippen LogP contribution in [-0.2, 0) is 4.79 Å². The van der Waals surface area contributed by atoms with Crippen molar-refractivity contribution in [1.29, 1.82) is 5.26 Å². The van der Waals surface area contributed by atoms with Gasteiger partial charge in [0.1, 0.15) is 28.9 Å². The Kier molecular flexibility index (Phi) is 8.39. The number of benzene rings is 3. The Bertz CT molecular complexity index is 1550. The first-order valence-corrected chi connectivity index (χ1v) is 11.9. The lowest BCUT2D eigenvalue weighted by Crippen LogP contribution is -2.10. The Morgan fingerprint density at radius 2 is 1.62 bits per heavy atom. The molecule has 1 heterocycles. The summed E-state index contributed by atoms with van der Waals surface area (Å²) in [5.41, 5.74) is 2.79. The molecular weight excluding hydrogens is 524 g/mol. The van der Waals surface area contributed by atoms with Crippen LogP contribution < -0.4 is 18.9 Å². The second kappa shape index (κ2) is 12.1. The number of hydrogen-bond acceptors (Lipinski definition) is 8. The summed E-state index contributed by atoms with van der Waals surface area (Å²) < 4.78 is 27.3. The number of carbonyl (C=O) groups is 1. The van der Waals surface area contributed by atoms with Gasteiger partial charge in [-0.2, -0.15) is 5.26 Å². The van der Waals surface area contributed by atoms with E-state index in [1.165, 1.54) is 19.4 Å². The summed E-state index contributed by atoms with van der Waals surface area (Å²) in [6.07, 6.45) is 1.46. The molecule has 3 aromatic carbocycles. The number of aliphatic imine (C=N–C) groups is 1. The fourth-order valence-corrected chi connectivity index (χ4v) is 4.09. The van der Waals surface area contributed by atoms with Crippen LogP contribution in [0.15, 0.2) is 70.1 Å². The third kappa shape index (κ3) is 5.98. The minimum absolute atomic E-state index is 0.0930. The number of hydrogen-bond donors (Lipinski definition) is 1. The van der Waals surface area contributed by atoms with E-state index < -0.39 is 12.6 Å². The fourth-order valence-electron chi connectivity index (χ4n) is 3.81. The smallest absolute Gasteiger partial charge is 0.341 e. The molecule has 0 amide bonds. The predicted octanol–water partition coefficient (Wildman–Crippen LogP) is 6.38. The number of methoxy groups -OCH3 is 3. The molecule has 1 N–H and O–H groups in total. The summed E-state index contributed by atoms with van der Waals surface area (Å²) in [6.45, 7) is -0.580. The van der Waals surface area contributed by atoms with E-state index in [1.807, 2.05) is 24.3 Å². The van der Waals surface area contributed by atoms with Crippen molar-refractivity contribution in [2.24, 2.45) is 4.99 Å². The largest absolute Gasteiger partial charge is 0.497 e. The van der Waals surface area contributed by atoms with Gasteiger partial charge < -0.3 is 28.5 Å². The number of nitriles is 1. The van der Waals surface area contributed by atoms with E-state index in [1.54, 1.807) is 44.6 Å². The number of nitrogens with zero attached hydrogens (tertiary/aromatic N) is 2. The first kappa shape index (κ1) is 27.1. The molecular formula is C29H23ClN2O7. The highest BCUT2D eigenvalue weighted by Gasteiger charge is 2.23. The molecule has 0 aliphatic rings. The summed E-state index contributed by atoms with van der Waals surface area (Å²) >= 11 is 6.32. The van der Waals surface area contributed by atoms with Gasteiger partial charge >= 0.3 is 5.97 Å². The summed E-state index contributed by atoms with van der Waals surface area (Å²) in [6, 6.07) is 19.9. The number of halogens is 1. The molecule has 0 spiro atoms. The molecule has 0 saturated carbocycles. The van der Waals surface area contributed by atoms with Crippen LogP contribution in [0.3, 0.4) is 0 Å². The quantitative estimate of drug-likeness (QED) is 0.227. The Morgan fingerprint density at radius 1 is 1.00 bits per heavy atom. The van der Waals surface area contributed by atoms with E-state index in [0.717, 1.165) is 11.1 Å².